The van der Waals surface area contributed by atoms with Crippen LogP contribution < -0.4 is 10.6 Å². The Morgan fingerprint density at radius 2 is 1.73 bits per heavy atom. The lowest BCUT2D eigenvalue weighted by Gasteiger charge is -2.12. The molecular formula is C19H21N3O3S. The number of amides is 4. The zero-order chi connectivity index (χ0) is 18.8. The molecule has 7 heteroatoms. The van der Waals surface area contributed by atoms with E-state index in [2.05, 4.69) is 10.6 Å². The number of hydrogen-bond acceptors (Lipinski definition) is 4. The molecule has 2 N–H and O–H groups in total. The van der Waals surface area contributed by atoms with E-state index in [4.69, 9.17) is 0 Å². The summed E-state index contributed by atoms with van der Waals surface area (Å²) >= 11 is 1.42. The number of rotatable bonds is 3. The summed E-state index contributed by atoms with van der Waals surface area (Å²) in [6, 6.07) is 6.76. The van der Waals surface area contributed by atoms with Gasteiger partial charge in [-0.1, -0.05) is 17.7 Å². The Morgan fingerprint density at radius 3 is 2.38 bits per heavy atom. The lowest BCUT2D eigenvalue weighted by Crippen LogP contribution is -2.39. The average molecular weight is 371 g/mol. The zero-order valence-electron chi connectivity index (χ0n) is 15.0. The smallest absolute Gasteiger partial charge is 0.323 e. The lowest BCUT2D eigenvalue weighted by atomic mass is 10.1. The molecule has 1 heterocycles. The Morgan fingerprint density at radius 1 is 1.04 bits per heavy atom. The first-order valence-corrected chi connectivity index (χ1v) is 9.23. The number of nitrogens with one attached hydrogen (secondary N) is 2. The molecular weight excluding hydrogens is 350 g/mol. The summed E-state index contributed by atoms with van der Waals surface area (Å²) in [7, 11) is 3.14. The van der Waals surface area contributed by atoms with Crippen LogP contribution >= 0.6 is 11.3 Å². The number of anilines is 1. The van der Waals surface area contributed by atoms with Gasteiger partial charge >= 0.3 is 6.03 Å². The molecule has 3 rings (SSSR count). The van der Waals surface area contributed by atoms with Gasteiger partial charge in [-0.2, -0.15) is 0 Å². The first kappa shape index (κ1) is 18.1. The fraction of sp³-hybridized carbons (Fsp3) is 0.316. The summed E-state index contributed by atoms with van der Waals surface area (Å²) in [5.41, 5.74) is 2.95. The molecule has 0 atom stereocenters. The van der Waals surface area contributed by atoms with Gasteiger partial charge in [-0.3, -0.25) is 14.9 Å². The Hall–Kier alpha value is -2.67. The minimum Gasteiger partial charge on any atom is -0.331 e. The standard InChI is InChI=1S/C19H21N3O3S/c1-11-7-9-12(10-8-11)16(23)20-18-15(13-5-4-6-14(13)26-18)17(24)21-19(25)22(2)3/h7-10H,4-6H2,1-3H3,(H,20,23)(H,21,24,25). The number of nitrogens with zero attached hydrogens (tertiary/aromatic N) is 1. The van der Waals surface area contributed by atoms with Gasteiger partial charge in [0.15, 0.2) is 0 Å². The molecule has 4 amide bonds. The third-order valence-electron chi connectivity index (χ3n) is 4.32. The van der Waals surface area contributed by atoms with Crippen LogP contribution in [0.15, 0.2) is 24.3 Å². The van der Waals surface area contributed by atoms with Crippen molar-refractivity contribution in [3.8, 4) is 0 Å². The Labute approximate surface area is 156 Å². The summed E-state index contributed by atoms with van der Waals surface area (Å²) < 4.78 is 0. The predicted molar refractivity (Wildman–Crippen MR) is 102 cm³/mol. The fourth-order valence-electron chi connectivity index (χ4n) is 2.88. The SMILES string of the molecule is Cc1ccc(C(=O)Nc2sc3c(c2C(=O)NC(=O)N(C)C)CCC3)cc1. The molecule has 0 aliphatic heterocycles. The highest BCUT2D eigenvalue weighted by Gasteiger charge is 2.28. The average Bonchev–Trinajstić information content (AvgIpc) is 3.15. The Bertz CT molecular complexity index is 869. The number of fused-ring (bicyclic) bond motifs is 1. The van der Waals surface area contributed by atoms with E-state index < -0.39 is 11.9 Å². The van der Waals surface area contributed by atoms with E-state index in [1.165, 1.54) is 16.2 Å². The number of aryl methyl sites for hydroxylation is 2. The molecule has 0 fully saturated rings. The first-order valence-electron chi connectivity index (χ1n) is 8.42. The molecule has 0 saturated carbocycles. The van der Waals surface area contributed by atoms with Gasteiger partial charge in [-0.05, 0) is 43.9 Å². The van der Waals surface area contributed by atoms with E-state index in [-0.39, 0.29) is 5.91 Å². The monoisotopic (exact) mass is 371 g/mol. The number of carbonyl (C=O) groups excluding carboxylic acids is 3. The van der Waals surface area contributed by atoms with Crippen LogP contribution in [0.2, 0.25) is 0 Å². The molecule has 1 aliphatic rings. The number of thiophene rings is 1. The van der Waals surface area contributed by atoms with Gasteiger partial charge in [-0.25, -0.2) is 4.79 Å². The second kappa shape index (κ2) is 7.29. The fourth-order valence-corrected chi connectivity index (χ4v) is 4.17. The maximum Gasteiger partial charge on any atom is 0.323 e. The normalized spacial score (nSPS) is 12.4. The number of imide groups is 1. The lowest BCUT2D eigenvalue weighted by molar-refractivity contribution is 0.0957. The molecule has 1 aromatic heterocycles. The highest BCUT2D eigenvalue weighted by atomic mass is 32.1. The van der Waals surface area contributed by atoms with Crippen molar-refractivity contribution in [2.75, 3.05) is 19.4 Å². The van der Waals surface area contributed by atoms with Crippen LogP contribution in [0.25, 0.3) is 0 Å². The van der Waals surface area contributed by atoms with Crippen LogP contribution in [0, 0.1) is 6.92 Å². The molecule has 1 aliphatic carbocycles. The van der Waals surface area contributed by atoms with Crippen LogP contribution in [0.5, 0.6) is 0 Å². The summed E-state index contributed by atoms with van der Waals surface area (Å²) in [5.74, 6) is -0.736. The third-order valence-corrected chi connectivity index (χ3v) is 5.52. The van der Waals surface area contributed by atoms with Crippen molar-refractivity contribution in [2.45, 2.75) is 26.2 Å². The Balaban J connectivity index is 1.87. The minimum atomic E-state index is -0.483. The van der Waals surface area contributed by atoms with E-state index in [0.29, 0.717) is 16.1 Å². The molecule has 0 unspecified atom stereocenters. The van der Waals surface area contributed by atoms with Gasteiger partial charge in [0.05, 0.1) is 5.56 Å². The topological polar surface area (TPSA) is 78.5 Å². The molecule has 26 heavy (non-hydrogen) atoms. The number of benzene rings is 1. The molecule has 136 valence electrons. The van der Waals surface area contributed by atoms with E-state index >= 15 is 0 Å². The largest absolute Gasteiger partial charge is 0.331 e. The summed E-state index contributed by atoms with van der Waals surface area (Å²) in [4.78, 5) is 39.5. The van der Waals surface area contributed by atoms with E-state index in [0.717, 1.165) is 35.3 Å². The van der Waals surface area contributed by atoms with Crippen molar-refractivity contribution in [3.05, 3.63) is 51.4 Å². The van der Waals surface area contributed by atoms with E-state index in [9.17, 15) is 14.4 Å². The zero-order valence-corrected chi connectivity index (χ0v) is 15.8. The number of urea groups is 1. The molecule has 2 aromatic rings. The van der Waals surface area contributed by atoms with Crippen molar-refractivity contribution >= 4 is 34.2 Å². The molecule has 0 saturated heterocycles. The van der Waals surface area contributed by atoms with Crippen LogP contribution in [0.3, 0.4) is 0 Å². The second-order valence-corrected chi connectivity index (χ2v) is 7.64. The van der Waals surface area contributed by atoms with Crippen molar-refractivity contribution < 1.29 is 14.4 Å². The van der Waals surface area contributed by atoms with Crippen molar-refractivity contribution in [2.24, 2.45) is 0 Å². The first-order chi connectivity index (χ1) is 12.4. The van der Waals surface area contributed by atoms with Crippen LogP contribution in [0.1, 0.15) is 43.1 Å². The number of hydrogen-bond donors (Lipinski definition) is 2. The second-order valence-electron chi connectivity index (χ2n) is 6.54. The highest BCUT2D eigenvalue weighted by molar-refractivity contribution is 7.17. The van der Waals surface area contributed by atoms with Gasteiger partial charge in [0.2, 0.25) is 0 Å². The van der Waals surface area contributed by atoms with Crippen LogP contribution in [-0.4, -0.2) is 36.8 Å². The Kier molecular flexibility index (Phi) is 5.08. The quantitative estimate of drug-likeness (QED) is 0.870. The molecule has 0 spiro atoms. The van der Waals surface area contributed by atoms with Gasteiger partial charge in [0.1, 0.15) is 5.00 Å². The summed E-state index contributed by atoms with van der Waals surface area (Å²) in [5, 5.41) is 5.73. The van der Waals surface area contributed by atoms with Gasteiger partial charge in [0.25, 0.3) is 11.8 Å². The highest BCUT2D eigenvalue weighted by Crippen LogP contribution is 2.39. The maximum atomic E-state index is 12.7. The predicted octanol–water partition coefficient (Wildman–Crippen LogP) is 3.21. The van der Waals surface area contributed by atoms with Crippen LogP contribution in [0.4, 0.5) is 9.80 Å². The molecule has 0 bridgehead atoms. The molecule has 1 aromatic carbocycles. The van der Waals surface area contributed by atoms with Gasteiger partial charge < -0.3 is 10.2 Å². The van der Waals surface area contributed by atoms with Gasteiger partial charge in [-0.15, -0.1) is 11.3 Å². The van der Waals surface area contributed by atoms with Gasteiger partial charge in [0, 0.05) is 24.5 Å². The molecule has 0 radical (unpaired) electrons. The number of carbonyl (C=O) groups is 3. The minimum absolute atomic E-state index is 0.266. The van der Waals surface area contributed by atoms with E-state index in [1.807, 2.05) is 19.1 Å². The summed E-state index contributed by atoms with van der Waals surface area (Å²) in [6.07, 6.45) is 2.66. The van der Waals surface area contributed by atoms with Crippen molar-refractivity contribution in [3.63, 3.8) is 0 Å². The van der Waals surface area contributed by atoms with E-state index in [1.54, 1.807) is 26.2 Å². The third kappa shape index (κ3) is 3.62. The molecule has 6 nitrogen and oxygen atoms in total. The van der Waals surface area contributed by atoms with Crippen molar-refractivity contribution in [1.82, 2.24) is 10.2 Å². The van der Waals surface area contributed by atoms with Crippen LogP contribution in [-0.2, 0) is 12.8 Å². The van der Waals surface area contributed by atoms with Crippen molar-refractivity contribution in [1.29, 1.82) is 0 Å². The maximum absolute atomic E-state index is 12.7. The summed E-state index contributed by atoms with van der Waals surface area (Å²) in [6.45, 7) is 1.95.